The molecule has 0 aliphatic rings. The molecule has 0 aliphatic heterocycles. The van der Waals surface area contributed by atoms with Gasteiger partial charge in [0.05, 0.1) is 6.33 Å². The van der Waals surface area contributed by atoms with Crippen molar-refractivity contribution in [1.82, 2.24) is 9.55 Å². The first-order valence-corrected chi connectivity index (χ1v) is 4.48. The normalized spacial score (nSPS) is 10.5. The predicted molar refractivity (Wildman–Crippen MR) is 53.3 cm³/mol. The van der Waals surface area contributed by atoms with Gasteiger partial charge in [-0.2, -0.15) is 0 Å². The lowest BCUT2D eigenvalue weighted by Gasteiger charge is -2.18. The SMILES string of the molecule is CC.Cn1cncc1C(C)(C)C. The monoisotopic (exact) mass is 168 g/mol. The van der Waals surface area contributed by atoms with Gasteiger partial charge in [0.2, 0.25) is 0 Å². The quantitative estimate of drug-likeness (QED) is 0.582. The van der Waals surface area contributed by atoms with Crippen LogP contribution >= 0.6 is 0 Å². The van der Waals surface area contributed by atoms with Crippen LogP contribution in [-0.2, 0) is 12.5 Å². The first kappa shape index (κ1) is 11.2. The van der Waals surface area contributed by atoms with Crippen LogP contribution in [0.15, 0.2) is 12.5 Å². The van der Waals surface area contributed by atoms with Crippen molar-refractivity contribution in [2.24, 2.45) is 7.05 Å². The number of aromatic nitrogens is 2. The maximum Gasteiger partial charge on any atom is 0.0945 e. The summed E-state index contributed by atoms with van der Waals surface area (Å²) in [5.74, 6) is 0. The zero-order valence-corrected chi connectivity index (χ0v) is 9.05. The standard InChI is InChI=1S/C8H14N2.C2H6/c1-8(2,3)7-5-9-6-10(7)4;1-2/h5-6H,1-4H3;1-2H3. The van der Waals surface area contributed by atoms with Crippen LogP contribution in [-0.4, -0.2) is 9.55 Å². The molecule has 0 aromatic carbocycles. The molecule has 0 aliphatic carbocycles. The fourth-order valence-corrected chi connectivity index (χ4v) is 1.08. The lowest BCUT2D eigenvalue weighted by molar-refractivity contribution is 0.543. The molecule has 1 aromatic heterocycles. The van der Waals surface area contributed by atoms with Gasteiger partial charge in [-0.15, -0.1) is 0 Å². The van der Waals surface area contributed by atoms with Crippen molar-refractivity contribution in [2.45, 2.75) is 40.0 Å². The maximum atomic E-state index is 4.05. The zero-order valence-electron chi connectivity index (χ0n) is 9.05. The van der Waals surface area contributed by atoms with Crippen molar-refractivity contribution in [3.8, 4) is 0 Å². The van der Waals surface area contributed by atoms with Gasteiger partial charge in [0.25, 0.3) is 0 Å². The minimum Gasteiger partial charge on any atom is -0.337 e. The number of hydrogen-bond acceptors (Lipinski definition) is 1. The van der Waals surface area contributed by atoms with Crippen molar-refractivity contribution in [3.63, 3.8) is 0 Å². The molecule has 0 atom stereocenters. The predicted octanol–water partition coefficient (Wildman–Crippen LogP) is 2.74. The second-order valence-electron chi connectivity index (χ2n) is 3.64. The summed E-state index contributed by atoms with van der Waals surface area (Å²) in [5, 5.41) is 0. The number of imidazole rings is 1. The Kier molecular flexibility index (Phi) is 4.01. The van der Waals surface area contributed by atoms with Gasteiger partial charge in [-0.05, 0) is 0 Å². The van der Waals surface area contributed by atoms with Crippen LogP contribution in [0.1, 0.15) is 40.3 Å². The Morgan fingerprint density at radius 2 is 1.75 bits per heavy atom. The molecular weight excluding hydrogens is 148 g/mol. The largest absolute Gasteiger partial charge is 0.337 e. The lowest BCUT2D eigenvalue weighted by atomic mass is 9.93. The van der Waals surface area contributed by atoms with E-state index < -0.39 is 0 Å². The van der Waals surface area contributed by atoms with Crippen LogP contribution in [0.25, 0.3) is 0 Å². The van der Waals surface area contributed by atoms with E-state index in [-0.39, 0.29) is 5.41 Å². The molecule has 0 fully saturated rings. The van der Waals surface area contributed by atoms with Gasteiger partial charge in [-0.25, -0.2) is 4.98 Å². The topological polar surface area (TPSA) is 17.8 Å². The van der Waals surface area contributed by atoms with E-state index in [4.69, 9.17) is 0 Å². The highest BCUT2D eigenvalue weighted by Crippen LogP contribution is 2.19. The molecule has 12 heavy (non-hydrogen) atoms. The first-order valence-electron chi connectivity index (χ1n) is 4.48. The summed E-state index contributed by atoms with van der Waals surface area (Å²) in [6.45, 7) is 10.6. The molecule has 0 unspecified atom stereocenters. The molecule has 0 bridgehead atoms. The number of rotatable bonds is 0. The first-order chi connectivity index (χ1) is 5.52. The molecule has 0 radical (unpaired) electrons. The molecule has 0 saturated carbocycles. The van der Waals surface area contributed by atoms with E-state index >= 15 is 0 Å². The van der Waals surface area contributed by atoms with Crippen LogP contribution in [0, 0.1) is 0 Å². The van der Waals surface area contributed by atoms with Crippen LogP contribution in [0.3, 0.4) is 0 Å². The van der Waals surface area contributed by atoms with Gasteiger partial charge in [0.15, 0.2) is 0 Å². The molecule has 2 heteroatoms. The Bertz CT molecular complexity index is 218. The summed E-state index contributed by atoms with van der Waals surface area (Å²) in [7, 11) is 2.02. The highest BCUT2D eigenvalue weighted by Gasteiger charge is 2.16. The van der Waals surface area contributed by atoms with E-state index in [1.54, 1.807) is 0 Å². The van der Waals surface area contributed by atoms with Gasteiger partial charge < -0.3 is 4.57 Å². The number of hydrogen-bond donors (Lipinski definition) is 0. The van der Waals surface area contributed by atoms with Crippen molar-refractivity contribution in [3.05, 3.63) is 18.2 Å². The van der Waals surface area contributed by atoms with Gasteiger partial charge in [0, 0.05) is 24.4 Å². The Balaban J connectivity index is 0.000000561. The maximum absolute atomic E-state index is 4.05. The molecule has 0 amide bonds. The van der Waals surface area contributed by atoms with E-state index in [2.05, 4.69) is 30.3 Å². The third-order valence-corrected chi connectivity index (χ3v) is 1.59. The van der Waals surface area contributed by atoms with Crippen LogP contribution in [0.2, 0.25) is 0 Å². The fraction of sp³-hybridized carbons (Fsp3) is 0.700. The fourth-order valence-electron chi connectivity index (χ4n) is 1.08. The molecule has 0 saturated heterocycles. The Labute approximate surface area is 75.6 Å². The lowest BCUT2D eigenvalue weighted by Crippen LogP contribution is -2.15. The third kappa shape index (κ3) is 2.68. The number of nitrogens with zero attached hydrogens (tertiary/aromatic N) is 2. The summed E-state index contributed by atoms with van der Waals surface area (Å²) in [6, 6.07) is 0. The van der Waals surface area contributed by atoms with Crippen molar-refractivity contribution in [1.29, 1.82) is 0 Å². The van der Waals surface area contributed by atoms with Gasteiger partial charge in [0.1, 0.15) is 0 Å². The van der Waals surface area contributed by atoms with Gasteiger partial charge in [-0.1, -0.05) is 34.6 Å². The third-order valence-electron chi connectivity index (χ3n) is 1.59. The van der Waals surface area contributed by atoms with Gasteiger partial charge >= 0.3 is 0 Å². The van der Waals surface area contributed by atoms with E-state index in [1.165, 1.54) is 5.69 Å². The van der Waals surface area contributed by atoms with E-state index in [9.17, 15) is 0 Å². The highest BCUT2D eigenvalue weighted by atomic mass is 15.0. The molecular formula is C10H20N2. The Hall–Kier alpha value is -0.790. The summed E-state index contributed by atoms with van der Waals surface area (Å²) in [4.78, 5) is 4.05. The van der Waals surface area contributed by atoms with E-state index in [1.807, 2.05) is 33.4 Å². The van der Waals surface area contributed by atoms with E-state index in [0.29, 0.717) is 0 Å². The van der Waals surface area contributed by atoms with Crippen LogP contribution < -0.4 is 0 Å². The summed E-state index contributed by atoms with van der Waals surface area (Å²) in [5.41, 5.74) is 1.48. The summed E-state index contributed by atoms with van der Waals surface area (Å²) < 4.78 is 2.06. The Morgan fingerprint density at radius 1 is 1.25 bits per heavy atom. The average Bonchev–Trinajstić information content (AvgIpc) is 2.38. The molecule has 1 rings (SSSR count). The van der Waals surface area contributed by atoms with Crippen molar-refractivity contribution >= 4 is 0 Å². The van der Waals surface area contributed by atoms with Crippen molar-refractivity contribution < 1.29 is 0 Å². The van der Waals surface area contributed by atoms with Crippen molar-refractivity contribution in [2.75, 3.05) is 0 Å². The minimum atomic E-state index is 0.214. The van der Waals surface area contributed by atoms with E-state index in [0.717, 1.165) is 0 Å². The smallest absolute Gasteiger partial charge is 0.0945 e. The van der Waals surface area contributed by atoms with Crippen LogP contribution in [0.4, 0.5) is 0 Å². The summed E-state index contributed by atoms with van der Waals surface area (Å²) >= 11 is 0. The minimum absolute atomic E-state index is 0.214. The molecule has 0 spiro atoms. The Morgan fingerprint density at radius 3 is 1.92 bits per heavy atom. The highest BCUT2D eigenvalue weighted by molar-refractivity contribution is 5.09. The molecule has 70 valence electrons. The average molecular weight is 168 g/mol. The molecule has 0 N–H and O–H groups in total. The van der Waals surface area contributed by atoms with Gasteiger partial charge in [-0.3, -0.25) is 0 Å². The molecule has 1 aromatic rings. The molecule has 2 nitrogen and oxygen atoms in total. The zero-order chi connectivity index (χ0) is 9.78. The number of aryl methyl sites for hydroxylation is 1. The molecule has 1 heterocycles. The summed E-state index contributed by atoms with van der Waals surface area (Å²) in [6.07, 6.45) is 3.75. The second-order valence-corrected chi connectivity index (χ2v) is 3.64. The second kappa shape index (κ2) is 4.29. The van der Waals surface area contributed by atoms with Crippen LogP contribution in [0.5, 0.6) is 0 Å².